The lowest BCUT2D eigenvalue weighted by Gasteiger charge is -2.22. The first-order chi connectivity index (χ1) is 10.6. The molecule has 1 aliphatic rings. The normalized spacial score (nSPS) is 16.6. The van der Waals surface area contributed by atoms with Crippen molar-refractivity contribution < 1.29 is 14.6 Å². The lowest BCUT2D eigenvalue weighted by atomic mass is 10.1. The van der Waals surface area contributed by atoms with Gasteiger partial charge in [-0.3, -0.25) is 5.01 Å². The highest BCUT2D eigenvalue weighted by atomic mass is 32.2. The van der Waals surface area contributed by atoms with Crippen molar-refractivity contribution in [3.8, 4) is 0 Å². The van der Waals surface area contributed by atoms with Gasteiger partial charge in [0.05, 0.1) is 6.10 Å². The van der Waals surface area contributed by atoms with Gasteiger partial charge in [-0.1, -0.05) is 25.6 Å². The number of hydrogen-bond acceptors (Lipinski definition) is 8. The fourth-order valence-corrected chi connectivity index (χ4v) is 2.58. The van der Waals surface area contributed by atoms with Gasteiger partial charge in [0.15, 0.2) is 0 Å². The van der Waals surface area contributed by atoms with Gasteiger partial charge in [-0.15, -0.1) is 15.9 Å². The molecule has 0 fully saturated rings. The minimum atomic E-state index is -0.592. The number of thioether (sulfide) groups is 1. The molecule has 1 heterocycles. The van der Waals surface area contributed by atoms with Gasteiger partial charge in [0.2, 0.25) is 5.17 Å². The molecular weight excluding hydrogens is 318 g/mol. The van der Waals surface area contributed by atoms with Gasteiger partial charge < -0.3 is 9.84 Å². The lowest BCUT2D eigenvalue weighted by molar-refractivity contribution is 0.0127. The predicted molar refractivity (Wildman–Crippen MR) is 92.1 cm³/mol. The van der Waals surface area contributed by atoms with Crippen molar-refractivity contribution >= 4 is 23.0 Å². The second-order valence-corrected chi connectivity index (χ2v) is 7.89. The Bertz CT molecular complexity index is 425. The third-order valence-corrected chi connectivity index (χ3v) is 3.96. The first-order valence-electron chi connectivity index (χ1n) is 7.76. The molecule has 0 aliphatic carbocycles. The molecule has 0 aromatic carbocycles. The summed E-state index contributed by atoms with van der Waals surface area (Å²) in [6, 6.07) is 0. The molecule has 8 nitrogen and oxygen atoms in total. The van der Waals surface area contributed by atoms with Gasteiger partial charge in [-0.05, 0) is 39.5 Å². The van der Waals surface area contributed by atoms with Crippen LogP contribution in [-0.2, 0) is 4.74 Å². The SMILES string of the molecule is CC(C)CCC(O)CSC1=NN(NC(=O)OC(C)(C)C)NN1C. The van der Waals surface area contributed by atoms with Gasteiger partial charge in [-0.25, -0.2) is 4.79 Å². The third-order valence-electron chi connectivity index (χ3n) is 2.80. The number of carbonyl (C=O) groups is 1. The molecule has 1 rings (SSSR count). The summed E-state index contributed by atoms with van der Waals surface area (Å²) in [5, 5.41) is 17.7. The van der Waals surface area contributed by atoms with E-state index in [9.17, 15) is 9.90 Å². The maximum atomic E-state index is 11.7. The zero-order chi connectivity index (χ0) is 17.6. The summed E-state index contributed by atoms with van der Waals surface area (Å²) in [6.45, 7) is 9.65. The van der Waals surface area contributed by atoms with Crippen LogP contribution in [0.1, 0.15) is 47.5 Å². The number of hydrazine groups is 3. The smallest absolute Gasteiger partial charge is 0.429 e. The van der Waals surface area contributed by atoms with E-state index in [1.807, 2.05) is 0 Å². The van der Waals surface area contributed by atoms with Crippen LogP contribution in [0.25, 0.3) is 0 Å². The fraction of sp³-hybridized carbons (Fsp3) is 0.857. The van der Waals surface area contributed by atoms with Crippen molar-refractivity contribution in [2.24, 2.45) is 11.0 Å². The summed E-state index contributed by atoms with van der Waals surface area (Å²) < 4.78 is 5.16. The molecular formula is C14H29N5O3S. The maximum Gasteiger partial charge on any atom is 0.429 e. The monoisotopic (exact) mass is 347 g/mol. The summed E-state index contributed by atoms with van der Waals surface area (Å²) >= 11 is 1.43. The largest absolute Gasteiger partial charge is 0.443 e. The van der Waals surface area contributed by atoms with Crippen molar-refractivity contribution in [2.45, 2.75) is 59.2 Å². The molecule has 0 aromatic heterocycles. The molecule has 0 aromatic rings. The number of nitrogens with one attached hydrogen (secondary N) is 2. The number of carbonyl (C=O) groups excluding carboxylic acids is 1. The molecule has 3 N–H and O–H groups in total. The summed E-state index contributed by atoms with van der Waals surface area (Å²) in [5.41, 5.74) is 4.75. The average molecular weight is 347 g/mol. The topological polar surface area (TPSA) is 89.4 Å². The molecule has 9 heteroatoms. The lowest BCUT2D eigenvalue weighted by Crippen LogP contribution is -2.50. The molecule has 1 aliphatic heterocycles. The third kappa shape index (κ3) is 8.29. The number of amidine groups is 1. The van der Waals surface area contributed by atoms with E-state index in [0.717, 1.165) is 12.8 Å². The van der Waals surface area contributed by atoms with E-state index in [1.54, 1.807) is 32.8 Å². The highest BCUT2D eigenvalue weighted by Gasteiger charge is 2.24. The summed E-state index contributed by atoms with van der Waals surface area (Å²) in [7, 11) is 1.78. The van der Waals surface area contributed by atoms with E-state index in [2.05, 4.69) is 29.9 Å². The van der Waals surface area contributed by atoms with Crippen LogP contribution in [0.15, 0.2) is 5.10 Å². The Morgan fingerprint density at radius 3 is 2.65 bits per heavy atom. The van der Waals surface area contributed by atoms with Gasteiger partial charge in [0.1, 0.15) is 5.60 Å². The fourth-order valence-electron chi connectivity index (χ4n) is 1.70. The Morgan fingerprint density at radius 1 is 1.43 bits per heavy atom. The number of aliphatic hydroxyl groups excluding tert-OH is 1. The van der Waals surface area contributed by atoms with Gasteiger partial charge in [-0.2, -0.15) is 5.43 Å². The van der Waals surface area contributed by atoms with E-state index in [0.29, 0.717) is 16.8 Å². The Balaban J connectivity index is 2.40. The second-order valence-electron chi connectivity index (χ2n) is 6.90. The molecule has 1 unspecified atom stereocenters. The highest BCUT2D eigenvalue weighted by Crippen LogP contribution is 2.16. The van der Waals surface area contributed by atoms with Crippen molar-refractivity contribution in [3.05, 3.63) is 0 Å². The van der Waals surface area contributed by atoms with Crippen LogP contribution < -0.4 is 11.0 Å². The number of hydrogen-bond donors (Lipinski definition) is 3. The van der Waals surface area contributed by atoms with Gasteiger partial charge in [0.25, 0.3) is 0 Å². The van der Waals surface area contributed by atoms with E-state index in [1.165, 1.54) is 17.0 Å². The van der Waals surface area contributed by atoms with Crippen molar-refractivity contribution in [1.29, 1.82) is 0 Å². The van der Waals surface area contributed by atoms with Crippen molar-refractivity contribution in [3.63, 3.8) is 0 Å². The van der Waals surface area contributed by atoms with Crippen LogP contribution in [0.5, 0.6) is 0 Å². The van der Waals surface area contributed by atoms with E-state index in [-0.39, 0.29) is 6.10 Å². The second kappa shape index (κ2) is 8.60. The van der Waals surface area contributed by atoms with Crippen molar-refractivity contribution in [2.75, 3.05) is 12.8 Å². The molecule has 0 spiro atoms. The Labute approximate surface area is 142 Å². The number of hydrazone groups is 1. The Hall–Kier alpha value is -1.19. The first-order valence-corrected chi connectivity index (χ1v) is 8.74. The number of amides is 1. The van der Waals surface area contributed by atoms with E-state index < -0.39 is 11.7 Å². The van der Waals surface area contributed by atoms with Crippen LogP contribution in [0.3, 0.4) is 0 Å². The zero-order valence-corrected chi connectivity index (χ0v) is 15.6. The molecule has 0 radical (unpaired) electrons. The number of ether oxygens (including phenoxy) is 1. The first kappa shape index (κ1) is 19.9. The standard InChI is InChI=1S/C14H29N5O3S/c1-10(2)7-8-11(20)9-23-12-15-19(17-18(12)6)16-13(21)22-14(3,4)5/h10-11,17,20H,7-9H2,1-6H3,(H,16,21). The zero-order valence-electron chi connectivity index (χ0n) is 14.8. The Kier molecular flexibility index (Phi) is 7.43. The summed E-state index contributed by atoms with van der Waals surface area (Å²) in [6.07, 6.45) is 0.806. The van der Waals surface area contributed by atoms with Crippen molar-refractivity contribution in [1.82, 2.24) is 21.2 Å². The quantitative estimate of drug-likeness (QED) is 0.676. The maximum absolute atomic E-state index is 11.7. The minimum Gasteiger partial charge on any atom is -0.443 e. The highest BCUT2D eigenvalue weighted by molar-refractivity contribution is 8.13. The van der Waals surface area contributed by atoms with Crippen LogP contribution in [0.2, 0.25) is 0 Å². The van der Waals surface area contributed by atoms with Crippen LogP contribution in [0.4, 0.5) is 4.79 Å². The van der Waals surface area contributed by atoms with Gasteiger partial charge in [0, 0.05) is 12.8 Å². The van der Waals surface area contributed by atoms with Gasteiger partial charge >= 0.3 is 6.09 Å². The minimum absolute atomic E-state index is 0.369. The molecule has 0 saturated heterocycles. The summed E-state index contributed by atoms with van der Waals surface area (Å²) in [5.74, 6) is 1.13. The van der Waals surface area contributed by atoms with Crippen LogP contribution in [0, 0.1) is 5.92 Å². The Morgan fingerprint density at radius 2 is 2.09 bits per heavy atom. The predicted octanol–water partition coefficient (Wildman–Crippen LogP) is 1.89. The average Bonchev–Trinajstić information content (AvgIpc) is 2.71. The van der Waals surface area contributed by atoms with E-state index >= 15 is 0 Å². The molecule has 0 bridgehead atoms. The van der Waals surface area contributed by atoms with Crippen LogP contribution >= 0.6 is 11.8 Å². The van der Waals surface area contributed by atoms with Crippen LogP contribution in [-0.4, -0.2) is 51.1 Å². The summed E-state index contributed by atoms with van der Waals surface area (Å²) in [4.78, 5) is 11.7. The van der Waals surface area contributed by atoms with E-state index in [4.69, 9.17) is 4.74 Å². The molecule has 0 saturated carbocycles. The number of aliphatic hydroxyl groups is 1. The molecule has 1 atom stereocenters. The number of rotatable bonds is 6. The molecule has 23 heavy (non-hydrogen) atoms. The molecule has 1 amide bonds. The number of nitrogens with zero attached hydrogens (tertiary/aromatic N) is 3. The molecule has 134 valence electrons.